The van der Waals surface area contributed by atoms with Gasteiger partial charge in [-0.25, -0.2) is 5.48 Å². The monoisotopic (exact) mass is 250 g/mol. The van der Waals surface area contributed by atoms with E-state index in [4.69, 9.17) is 16.7 Å². The Labute approximate surface area is 104 Å². The first-order valence-electron chi connectivity index (χ1n) is 5.25. The second-order valence-corrected chi connectivity index (χ2v) is 3.98. The lowest BCUT2D eigenvalue weighted by molar-refractivity contribution is -0.135. The minimum atomic E-state index is -1.18. The predicted molar refractivity (Wildman–Crippen MR) is 61.6 cm³/mol. The van der Waals surface area contributed by atoms with E-state index >= 15 is 0 Å². The van der Waals surface area contributed by atoms with Gasteiger partial charge in [0.05, 0.1) is 17.4 Å². The van der Waals surface area contributed by atoms with Gasteiger partial charge in [-0.3, -0.25) is 14.8 Å². The zero-order chi connectivity index (χ0) is 13.8. The molecule has 1 rings (SSSR count). The lowest BCUT2D eigenvalue weighted by Crippen LogP contribution is -2.44. The molecule has 0 radical (unpaired) electrons. The highest BCUT2D eigenvalue weighted by Crippen LogP contribution is 2.36. The summed E-state index contributed by atoms with van der Waals surface area (Å²) in [5.41, 5.74) is 11.2. The average molecular weight is 250 g/mol. The van der Waals surface area contributed by atoms with Crippen LogP contribution in [0.15, 0.2) is 23.8 Å². The molecule has 6 N–H and O–H groups in total. The van der Waals surface area contributed by atoms with Crippen LogP contribution in [-0.2, 0) is 9.59 Å². The highest BCUT2D eigenvalue weighted by atomic mass is 16.5. The van der Waals surface area contributed by atoms with Crippen molar-refractivity contribution in [1.82, 2.24) is 5.48 Å². The molecule has 7 nitrogen and oxygen atoms in total. The Balaban J connectivity index is 3.05. The zero-order valence-corrected chi connectivity index (χ0v) is 9.59. The van der Waals surface area contributed by atoms with Gasteiger partial charge in [0.25, 0.3) is 0 Å². The van der Waals surface area contributed by atoms with E-state index in [1.807, 2.05) is 6.07 Å². The van der Waals surface area contributed by atoms with E-state index in [2.05, 4.69) is 0 Å². The number of hydrogen-bond acceptors (Lipinski definition) is 5. The molecule has 18 heavy (non-hydrogen) atoms. The molecule has 0 saturated heterocycles. The summed E-state index contributed by atoms with van der Waals surface area (Å²) in [5.74, 6) is -2.25. The lowest BCUT2D eigenvalue weighted by Gasteiger charge is -2.31. The minimum absolute atomic E-state index is 0.107. The number of nitriles is 1. The van der Waals surface area contributed by atoms with Crippen LogP contribution in [-0.4, -0.2) is 23.6 Å². The third-order valence-electron chi connectivity index (χ3n) is 3.00. The number of carbonyl (C=O) groups is 2. The Bertz CT molecular complexity index is 463. The first-order chi connectivity index (χ1) is 8.50. The highest BCUT2D eigenvalue weighted by Gasteiger charge is 2.41. The van der Waals surface area contributed by atoms with Gasteiger partial charge in [0.1, 0.15) is 0 Å². The van der Waals surface area contributed by atoms with Crippen molar-refractivity contribution in [3.8, 4) is 6.07 Å². The van der Waals surface area contributed by atoms with Crippen LogP contribution in [0, 0.1) is 22.7 Å². The smallest absolute Gasteiger partial charge is 0.249 e. The highest BCUT2D eigenvalue weighted by molar-refractivity contribution is 5.95. The van der Waals surface area contributed by atoms with E-state index in [0.717, 1.165) is 0 Å². The Morgan fingerprint density at radius 2 is 2.33 bits per heavy atom. The van der Waals surface area contributed by atoms with Crippen molar-refractivity contribution >= 4 is 11.8 Å². The molecule has 1 aliphatic carbocycles. The van der Waals surface area contributed by atoms with Crippen molar-refractivity contribution in [2.75, 3.05) is 6.54 Å². The number of carbonyl (C=O) groups excluding carboxylic acids is 2. The van der Waals surface area contributed by atoms with Crippen LogP contribution in [0.4, 0.5) is 0 Å². The maximum Gasteiger partial charge on any atom is 0.249 e. The zero-order valence-electron chi connectivity index (χ0n) is 9.59. The molecule has 2 amide bonds. The Morgan fingerprint density at radius 1 is 1.67 bits per heavy atom. The maximum absolute atomic E-state index is 11.5. The number of primary amides is 1. The van der Waals surface area contributed by atoms with Gasteiger partial charge in [-0.2, -0.15) is 5.26 Å². The topological polar surface area (TPSA) is 142 Å². The van der Waals surface area contributed by atoms with Crippen LogP contribution in [0.25, 0.3) is 0 Å². The third kappa shape index (κ3) is 2.40. The SMILES string of the molecule is N#CC1([C@@H](CN)C(=O)NO)C=CC(C(N)=O)=CC1. The van der Waals surface area contributed by atoms with E-state index in [1.165, 1.54) is 23.7 Å². The Hall–Kier alpha value is -2.17. The lowest BCUT2D eigenvalue weighted by atomic mass is 9.71. The molecule has 96 valence electrons. The molecular formula is C11H14N4O3. The fourth-order valence-electron chi connectivity index (χ4n) is 1.88. The summed E-state index contributed by atoms with van der Waals surface area (Å²) in [6.45, 7) is -0.107. The third-order valence-corrected chi connectivity index (χ3v) is 3.00. The summed E-state index contributed by atoms with van der Waals surface area (Å²) in [5, 5.41) is 17.9. The molecule has 0 saturated carbocycles. The first kappa shape index (κ1) is 13.9. The van der Waals surface area contributed by atoms with Gasteiger partial charge in [-0.05, 0) is 6.42 Å². The van der Waals surface area contributed by atoms with E-state index in [9.17, 15) is 14.9 Å². The molecule has 0 spiro atoms. The van der Waals surface area contributed by atoms with Crippen molar-refractivity contribution in [1.29, 1.82) is 5.26 Å². The van der Waals surface area contributed by atoms with Crippen molar-refractivity contribution in [3.05, 3.63) is 23.8 Å². The molecule has 2 atom stereocenters. The van der Waals surface area contributed by atoms with Crippen molar-refractivity contribution in [3.63, 3.8) is 0 Å². The summed E-state index contributed by atoms with van der Waals surface area (Å²) in [4.78, 5) is 22.4. The molecule has 0 aromatic rings. The van der Waals surface area contributed by atoms with Crippen LogP contribution in [0.5, 0.6) is 0 Å². The fraction of sp³-hybridized carbons (Fsp3) is 0.364. The molecule has 7 heteroatoms. The first-order valence-corrected chi connectivity index (χ1v) is 5.25. The number of nitrogens with zero attached hydrogens (tertiary/aromatic N) is 1. The minimum Gasteiger partial charge on any atom is -0.366 e. The number of nitrogens with two attached hydrogens (primary N) is 2. The Kier molecular flexibility index (Phi) is 4.20. The van der Waals surface area contributed by atoms with Gasteiger partial charge in [0.15, 0.2) is 0 Å². The molecule has 0 aromatic carbocycles. The van der Waals surface area contributed by atoms with Crippen LogP contribution in [0.2, 0.25) is 0 Å². The molecular weight excluding hydrogens is 236 g/mol. The summed E-state index contributed by atoms with van der Waals surface area (Å²) < 4.78 is 0. The van der Waals surface area contributed by atoms with Gasteiger partial charge >= 0.3 is 0 Å². The normalized spacial score (nSPS) is 23.7. The van der Waals surface area contributed by atoms with Gasteiger partial charge in [0, 0.05) is 12.1 Å². The van der Waals surface area contributed by atoms with E-state index in [0.29, 0.717) is 0 Å². The molecule has 1 aliphatic rings. The quantitative estimate of drug-likeness (QED) is 0.372. The molecule has 1 unspecified atom stereocenters. The molecule has 0 bridgehead atoms. The molecule has 0 fully saturated rings. The number of amides is 2. The van der Waals surface area contributed by atoms with Crippen molar-refractivity contribution in [2.45, 2.75) is 6.42 Å². The Morgan fingerprint density at radius 3 is 2.67 bits per heavy atom. The summed E-state index contributed by atoms with van der Waals surface area (Å²) in [6.07, 6.45) is 4.44. The van der Waals surface area contributed by atoms with Crippen LogP contribution < -0.4 is 16.9 Å². The van der Waals surface area contributed by atoms with E-state index in [-0.39, 0.29) is 18.5 Å². The van der Waals surface area contributed by atoms with Crippen LogP contribution in [0.1, 0.15) is 6.42 Å². The van der Waals surface area contributed by atoms with Gasteiger partial charge in [-0.1, -0.05) is 18.2 Å². The molecule has 0 aromatic heterocycles. The summed E-state index contributed by atoms with van der Waals surface area (Å²) in [7, 11) is 0. The van der Waals surface area contributed by atoms with Crippen LogP contribution >= 0.6 is 0 Å². The largest absolute Gasteiger partial charge is 0.366 e. The van der Waals surface area contributed by atoms with Crippen molar-refractivity contribution < 1.29 is 14.8 Å². The second-order valence-electron chi connectivity index (χ2n) is 3.98. The molecule has 0 aliphatic heterocycles. The number of allylic oxidation sites excluding steroid dienone is 2. The fourth-order valence-corrected chi connectivity index (χ4v) is 1.88. The number of rotatable bonds is 4. The summed E-state index contributed by atoms with van der Waals surface area (Å²) in [6, 6.07) is 2.01. The number of hydroxylamine groups is 1. The maximum atomic E-state index is 11.5. The number of hydrogen-bond donors (Lipinski definition) is 4. The number of nitrogens with one attached hydrogen (secondary N) is 1. The molecule has 0 heterocycles. The average Bonchev–Trinajstić information content (AvgIpc) is 2.39. The van der Waals surface area contributed by atoms with Gasteiger partial charge < -0.3 is 11.5 Å². The van der Waals surface area contributed by atoms with E-state index in [1.54, 1.807) is 0 Å². The predicted octanol–water partition coefficient (Wildman–Crippen LogP) is -1.05. The van der Waals surface area contributed by atoms with Gasteiger partial charge in [0.2, 0.25) is 11.8 Å². The van der Waals surface area contributed by atoms with E-state index < -0.39 is 23.1 Å². The second kappa shape index (κ2) is 5.44. The van der Waals surface area contributed by atoms with Crippen molar-refractivity contribution in [2.24, 2.45) is 22.8 Å². The summed E-state index contributed by atoms with van der Waals surface area (Å²) >= 11 is 0. The standard InChI is InChI=1S/C11H14N4O3/c12-5-8(10(17)15-18)11(6-13)3-1-7(2-4-11)9(14)16/h1-3,8,18H,4-5,12H2,(H2,14,16)(H,15,17)/t8-,11?/m0/s1. The van der Waals surface area contributed by atoms with Gasteiger partial charge in [-0.15, -0.1) is 0 Å². The van der Waals surface area contributed by atoms with Crippen LogP contribution in [0.3, 0.4) is 0 Å².